The van der Waals surface area contributed by atoms with Gasteiger partial charge in [-0.1, -0.05) is 23.7 Å². The molecule has 0 radical (unpaired) electrons. The maximum atomic E-state index is 7.77. The van der Waals surface area contributed by atoms with Gasteiger partial charge in [0.25, 0.3) is 0 Å². The molecule has 0 atom stereocenters. The highest BCUT2D eigenvalue weighted by Gasteiger charge is 2.21. The lowest BCUT2D eigenvalue weighted by Gasteiger charge is -2.27. The van der Waals surface area contributed by atoms with E-state index in [9.17, 15) is 0 Å². The van der Waals surface area contributed by atoms with Gasteiger partial charge in [-0.25, -0.2) is 4.98 Å². The topological polar surface area (TPSA) is 86.2 Å². The molecule has 1 aliphatic carbocycles. The Labute approximate surface area is 198 Å². The standard InChI is InChI=1S/C25H27ClN6O/c26-20-5-7-21(8-6-20)29-24-14-23(30-25(31-24)32-9-11-33-12-10-32)18-3-4-19(15-27)22(13-18)28-16-17-1-2-17/h3-8,13-15,17,27-28H,1-2,9-12,16H2,(H,29,30,31). The average molecular weight is 463 g/mol. The molecule has 1 saturated heterocycles. The number of nitrogens with zero attached hydrogens (tertiary/aromatic N) is 3. The van der Waals surface area contributed by atoms with E-state index in [1.54, 1.807) is 0 Å². The first-order valence-corrected chi connectivity index (χ1v) is 11.7. The van der Waals surface area contributed by atoms with Crippen molar-refractivity contribution in [1.82, 2.24) is 9.97 Å². The highest BCUT2D eigenvalue weighted by Crippen LogP contribution is 2.32. The van der Waals surface area contributed by atoms with Gasteiger partial charge in [-0.05, 0) is 49.1 Å². The molecule has 0 spiro atoms. The number of anilines is 4. The van der Waals surface area contributed by atoms with E-state index in [0.717, 1.165) is 53.7 Å². The second-order valence-corrected chi connectivity index (χ2v) is 8.88. The number of benzene rings is 2. The molecular formula is C25H27ClN6O. The number of morpholine rings is 1. The van der Waals surface area contributed by atoms with Crippen LogP contribution in [0, 0.1) is 11.3 Å². The molecule has 3 N–H and O–H groups in total. The van der Waals surface area contributed by atoms with E-state index < -0.39 is 0 Å². The van der Waals surface area contributed by atoms with Crippen molar-refractivity contribution in [2.75, 3.05) is 48.4 Å². The Balaban J connectivity index is 1.50. The van der Waals surface area contributed by atoms with Gasteiger partial charge in [-0.15, -0.1) is 0 Å². The Morgan fingerprint density at radius 2 is 1.85 bits per heavy atom. The van der Waals surface area contributed by atoms with Gasteiger partial charge in [0.1, 0.15) is 5.82 Å². The van der Waals surface area contributed by atoms with E-state index in [1.807, 2.05) is 42.5 Å². The van der Waals surface area contributed by atoms with E-state index in [-0.39, 0.29) is 0 Å². The summed E-state index contributed by atoms with van der Waals surface area (Å²) in [6.45, 7) is 3.78. The van der Waals surface area contributed by atoms with Crippen molar-refractivity contribution < 1.29 is 4.74 Å². The number of hydrogen-bond donors (Lipinski definition) is 3. The van der Waals surface area contributed by atoms with Crippen LogP contribution in [0.25, 0.3) is 11.3 Å². The van der Waals surface area contributed by atoms with Gasteiger partial charge < -0.3 is 25.7 Å². The molecule has 1 aliphatic heterocycles. The third-order valence-corrected chi connectivity index (χ3v) is 6.16. The molecule has 1 saturated carbocycles. The Bertz CT molecular complexity index is 1130. The maximum absolute atomic E-state index is 7.77. The quantitative estimate of drug-likeness (QED) is 0.399. The first-order chi connectivity index (χ1) is 16.2. The normalized spacial score (nSPS) is 15.8. The van der Waals surface area contributed by atoms with Crippen molar-refractivity contribution in [3.05, 3.63) is 59.1 Å². The molecule has 0 unspecified atom stereocenters. The van der Waals surface area contributed by atoms with Crippen molar-refractivity contribution >= 4 is 41.0 Å². The minimum Gasteiger partial charge on any atom is -0.384 e. The number of rotatable bonds is 8. The molecule has 0 bridgehead atoms. The van der Waals surface area contributed by atoms with Crippen molar-refractivity contribution in [1.29, 1.82) is 5.41 Å². The van der Waals surface area contributed by atoms with E-state index in [2.05, 4.69) is 21.6 Å². The van der Waals surface area contributed by atoms with Crippen molar-refractivity contribution in [2.45, 2.75) is 12.8 Å². The van der Waals surface area contributed by atoms with Gasteiger partial charge in [0.2, 0.25) is 5.95 Å². The average Bonchev–Trinajstić information content (AvgIpc) is 3.69. The van der Waals surface area contributed by atoms with Crippen LogP contribution < -0.4 is 15.5 Å². The van der Waals surface area contributed by atoms with Gasteiger partial charge >= 0.3 is 0 Å². The van der Waals surface area contributed by atoms with Gasteiger partial charge in [0.15, 0.2) is 0 Å². The SMILES string of the molecule is N=Cc1ccc(-c2cc(Nc3ccc(Cl)cc3)nc(N3CCOCC3)n2)cc1NCC1CC1. The Morgan fingerprint density at radius 1 is 1.06 bits per heavy atom. The Morgan fingerprint density at radius 3 is 2.58 bits per heavy atom. The van der Waals surface area contributed by atoms with Crippen LogP contribution in [0.1, 0.15) is 18.4 Å². The van der Waals surface area contributed by atoms with Crippen LogP contribution in [-0.4, -0.2) is 49.0 Å². The number of ether oxygens (including phenoxy) is 1. The molecular weight excluding hydrogens is 436 g/mol. The summed E-state index contributed by atoms with van der Waals surface area (Å²) < 4.78 is 5.51. The smallest absolute Gasteiger partial charge is 0.228 e. The summed E-state index contributed by atoms with van der Waals surface area (Å²) in [6, 6.07) is 15.6. The van der Waals surface area contributed by atoms with Gasteiger partial charge in [-0.3, -0.25) is 0 Å². The van der Waals surface area contributed by atoms with Crippen LogP contribution in [0.3, 0.4) is 0 Å². The van der Waals surface area contributed by atoms with Crippen LogP contribution in [0.2, 0.25) is 5.02 Å². The molecule has 2 aliphatic rings. The first-order valence-electron chi connectivity index (χ1n) is 11.3. The van der Waals surface area contributed by atoms with Crippen LogP contribution in [-0.2, 0) is 4.74 Å². The molecule has 2 aromatic carbocycles. The van der Waals surface area contributed by atoms with Crippen molar-refractivity contribution in [3.63, 3.8) is 0 Å². The maximum Gasteiger partial charge on any atom is 0.228 e. The van der Waals surface area contributed by atoms with Crippen LogP contribution in [0.4, 0.5) is 23.1 Å². The fourth-order valence-corrected chi connectivity index (χ4v) is 3.93. The third kappa shape index (κ3) is 5.43. The first kappa shape index (κ1) is 21.7. The summed E-state index contributed by atoms with van der Waals surface area (Å²) in [4.78, 5) is 11.8. The molecule has 2 heterocycles. The minimum absolute atomic E-state index is 0.663. The lowest BCUT2D eigenvalue weighted by Crippen LogP contribution is -2.37. The second kappa shape index (κ2) is 9.77. The van der Waals surface area contributed by atoms with Gasteiger partial charge in [-0.2, -0.15) is 4.98 Å². The van der Waals surface area contributed by atoms with E-state index in [4.69, 9.17) is 31.7 Å². The highest BCUT2D eigenvalue weighted by atomic mass is 35.5. The van der Waals surface area contributed by atoms with Crippen LogP contribution in [0.15, 0.2) is 48.5 Å². The molecule has 5 rings (SSSR count). The zero-order valence-corrected chi connectivity index (χ0v) is 19.1. The monoisotopic (exact) mass is 462 g/mol. The van der Waals surface area contributed by atoms with E-state index in [1.165, 1.54) is 19.1 Å². The third-order valence-electron chi connectivity index (χ3n) is 5.91. The largest absolute Gasteiger partial charge is 0.384 e. The minimum atomic E-state index is 0.663. The van der Waals surface area contributed by atoms with Gasteiger partial charge in [0.05, 0.1) is 18.9 Å². The number of aromatic nitrogens is 2. The second-order valence-electron chi connectivity index (χ2n) is 8.44. The molecule has 33 heavy (non-hydrogen) atoms. The number of nitrogens with one attached hydrogen (secondary N) is 3. The van der Waals surface area contributed by atoms with Crippen molar-refractivity contribution in [2.24, 2.45) is 5.92 Å². The predicted octanol–water partition coefficient (Wildman–Crippen LogP) is 5.20. The lowest BCUT2D eigenvalue weighted by atomic mass is 10.1. The molecule has 1 aromatic heterocycles. The molecule has 8 heteroatoms. The van der Waals surface area contributed by atoms with Gasteiger partial charge in [0, 0.05) is 59.4 Å². The molecule has 7 nitrogen and oxygen atoms in total. The molecule has 170 valence electrons. The Kier molecular flexibility index (Phi) is 6.41. The van der Waals surface area contributed by atoms with E-state index >= 15 is 0 Å². The number of hydrogen-bond acceptors (Lipinski definition) is 7. The summed E-state index contributed by atoms with van der Waals surface area (Å²) in [7, 11) is 0. The summed E-state index contributed by atoms with van der Waals surface area (Å²) in [5.41, 5.74) is 4.56. The fraction of sp³-hybridized carbons (Fsp3) is 0.320. The Hall–Kier alpha value is -3.16. The van der Waals surface area contributed by atoms with Crippen LogP contribution >= 0.6 is 11.6 Å². The van der Waals surface area contributed by atoms with E-state index in [0.29, 0.717) is 30.0 Å². The fourth-order valence-electron chi connectivity index (χ4n) is 3.80. The highest BCUT2D eigenvalue weighted by molar-refractivity contribution is 6.30. The molecule has 0 amide bonds. The predicted molar refractivity (Wildman–Crippen MR) is 134 cm³/mol. The zero-order valence-electron chi connectivity index (χ0n) is 18.4. The summed E-state index contributed by atoms with van der Waals surface area (Å²) in [5, 5.41) is 15.4. The lowest BCUT2D eigenvalue weighted by molar-refractivity contribution is 0.122. The summed E-state index contributed by atoms with van der Waals surface area (Å²) in [6.07, 6.45) is 3.95. The summed E-state index contributed by atoms with van der Waals surface area (Å²) >= 11 is 6.04. The summed E-state index contributed by atoms with van der Waals surface area (Å²) in [5.74, 6) is 2.14. The van der Waals surface area contributed by atoms with Crippen LogP contribution in [0.5, 0.6) is 0 Å². The van der Waals surface area contributed by atoms with Crippen molar-refractivity contribution in [3.8, 4) is 11.3 Å². The molecule has 3 aromatic rings. The number of halogens is 1. The molecule has 2 fully saturated rings. The zero-order chi connectivity index (χ0) is 22.6.